The summed E-state index contributed by atoms with van der Waals surface area (Å²) in [6, 6.07) is 0. The lowest BCUT2D eigenvalue weighted by molar-refractivity contribution is -0.208. The molecule has 102 valence electrons. The Morgan fingerprint density at radius 3 is 2.28 bits per heavy atom. The van der Waals surface area contributed by atoms with E-state index in [2.05, 4.69) is 0 Å². The van der Waals surface area contributed by atoms with E-state index in [0.717, 1.165) is 24.7 Å². The molecule has 0 aliphatic heterocycles. The first kappa shape index (κ1) is 12.5. The normalized spacial score (nSPS) is 47.1. The molecule has 0 radical (unpaired) electrons. The molecule has 0 amide bonds. The van der Waals surface area contributed by atoms with Crippen molar-refractivity contribution in [3.8, 4) is 0 Å². The van der Waals surface area contributed by atoms with Gasteiger partial charge in [0.25, 0.3) is 0 Å². The predicted octanol–water partition coefficient (Wildman–Crippen LogP) is 2.64. The fourth-order valence-corrected chi connectivity index (χ4v) is 5.50. The van der Waals surface area contributed by atoms with Gasteiger partial charge in [-0.2, -0.15) is 0 Å². The van der Waals surface area contributed by atoms with Crippen LogP contribution in [0.15, 0.2) is 0 Å². The number of hydrogen-bond acceptors (Lipinski definition) is 3. The van der Waals surface area contributed by atoms with Crippen molar-refractivity contribution in [2.75, 3.05) is 14.2 Å². The Bertz CT molecular complexity index is 338. The second-order valence-corrected chi connectivity index (χ2v) is 6.71. The molecule has 4 aliphatic carbocycles. The highest BCUT2D eigenvalue weighted by Crippen LogP contribution is 2.61. The molecule has 0 aromatic heterocycles. The van der Waals surface area contributed by atoms with Crippen molar-refractivity contribution < 1.29 is 14.3 Å². The zero-order valence-electron chi connectivity index (χ0n) is 11.6. The maximum Gasteiger partial charge on any atom is 0.308 e. The van der Waals surface area contributed by atoms with Gasteiger partial charge in [0.2, 0.25) is 0 Å². The zero-order valence-corrected chi connectivity index (χ0v) is 11.6. The number of ether oxygens (including phenoxy) is 2. The summed E-state index contributed by atoms with van der Waals surface area (Å²) >= 11 is 0. The minimum atomic E-state index is -0.0658. The molecule has 3 heteroatoms. The summed E-state index contributed by atoms with van der Waals surface area (Å²) < 4.78 is 10.9. The molecular formula is C15H24O3. The zero-order chi connectivity index (χ0) is 12.9. The van der Waals surface area contributed by atoms with E-state index < -0.39 is 0 Å². The Kier molecular flexibility index (Phi) is 2.92. The Morgan fingerprint density at radius 2 is 1.78 bits per heavy atom. The summed E-state index contributed by atoms with van der Waals surface area (Å²) in [7, 11) is 3.33. The fourth-order valence-electron chi connectivity index (χ4n) is 5.50. The van der Waals surface area contributed by atoms with E-state index in [1.165, 1.54) is 26.4 Å². The first-order valence-electron chi connectivity index (χ1n) is 7.22. The second-order valence-electron chi connectivity index (χ2n) is 6.71. The minimum Gasteiger partial charge on any atom is -0.469 e. The molecule has 0 aromatic carbocycles. The third-order valence-corrected chi connectivity index (χ3v) is 5.84. The van der Waals surface area contributed by atoms with Gasteiger partial charge >= 0.3 is 5.97 Å². The SMILES string of the molecule is COC(=O)C(C)C1C2CC3CC(C2)CC1(OC)C3. The standard InChI is InChI=1S/C15H24O3/c1-9(14(16)17-2)13-12-5-10-4-11(6-12)8-15(13,7-10)18-3/h9-13H,4-8H2,1-3H3. The highest BCUT2D eigenvalue weighted by atomic mass is 16.5. The molecular weight excluding hydrogens is 228 g/mol. The topological polar surface area (TPSA) is 35.5 Å². The smallest absolute Gasteiger partial charge is 0.308 e. The Morgan fingerprint density at radius 1 is 1.17 bits per heavy atom. The van der Waals surface area contributed by atoms with E-state index in [9.17, 15) is 4.79 Å². The second kappa shape index (κ2) is 4.22. The van der Waals surface area contributed by atoms with Crippen molar-refractivity contribution in [3.05, 3.63) is 0 Å². The number of carbonyl (C=O) groups is 1. The van der Waals surface area contributed by atoms with Gasteiger partial charge in [0.15, 0.2) is 0 Å². The van der Waals surface area contributed by atoms with Gasteiger partial charge in [-0.3, -0.25) is 4.79 Å². The molecule has 18 heavy (non-hydrogen) atoms. The van der Waals surface area contributed by atoms with Crippen LogP contribution in [-0.4, -0.2) is 25.8 Å². The third kappa shape index (κ3) is 1.63. The average molecular weight is 252 g/mol. The van der Waals surface area contributed by atoms with Gasteiger partial charge in [0, 0.05) is 13.0 Å². The van der Waals surface area contributed by atoms with Gasteiger partial charge in [0.05, 0.1) is 18.6 Å². The number of hydrogen-bond donors (Lipinski definition) is 0. The van der Waals surface area contributed by atoms with Crippen LogP contribution >= 0.6 is 0 Å². The molecule has 4 aliphatic rings. The van der Waals surface area contributed by atoms with Crippen molar-refractivity contribution in [3.63, 3.8) is 0 Å². The molecule has 0 heterocycles. The molecule has 3 nitrogen and oxygen atoms in total. The Balaban J connectivity index is 1.90. The third-order valence-electron chi connectivity index (χ3n) is 5.84. The molecule has 4 bridgehead atoms. The lowest BCUT2D eigenvalue weighted by Gasteiger charge is -2.61. The molecule has 4 rings (SSSR count). The Labute approximate surface area is 109 Å². The molecule has 0 spiro atoms. The van der Waals surface area contributed by atoms with Gasteiger partial charge < -0.3 is 9.47 Å². The monoisotopic (exact) mass is 252 g/mol. The number of rotatable bonds is 3. The quantitative estimate of drug-likeness (QED) is 0.724. The van der Waals surface area contributed by atoms with E-state index in [4.69, 9.17) is 9.47 Å². The fraction of sp³-hybridized carbons (Fsp3) is 0.933. The van der Waals surface area contributed by atoms with Crippen molar-refractivity contribution in [2.45, 2.75) is 44.6 Å². The van der Waals surface area contributed by atoms with Crippen LogP contribution in [0.5, 0.6) is 0 Å². The van der Waals surface area contributed by atoms with Crippen LogP contribution < -0.4 is 0 Å². The summed E-state index contributed by atoms with van der Waals surface area (Å²) in [5.41, 5.74) is -0.0393. The first-order valence-corrected chi connectivity index (χ1v) is 7.22. The molecule has 0 N–H and O–H groups in total. The van der Waals surface area contributed by atoms with Crippen LogP contribution in [0.4, 0.5) is 0 Å². The summed E-state index contributed by atoms with van der Waals surface area (Å²) in [6.07, 6.45) is 6.30. The minimum absolute atomic E-state index is 0.0278. The van der Waals surface area contributed by atoms with Crippen molar-refractivity contribution in [2.24, 2.45) is 29.6 Å². The van der Waals surface area contributed by atoms with E-state index in [1.807, 2.05) is 14.0 Å². The van der Waals surface area contributed by atoms with E-state index in [0.29, 0.717) is 11.8 Å². The highest BCUT2D eigenvalue weighted by molar-refractivity contribution is 5.72. The van der Waals surface area contributed by atoms with Crippen LogP contribution in [0.25, 0.3) is 0 Å². The van der Waals surface area contributed by atoms with Gasteiger partial charge in [-0.15, -0.1) is 0 Å². The Hall–Kier alpha value is -0.570. The van der Waals surface area contributed by atoms with Crippen molar-refractivity contribution in [1.82, 2.24) is 0 Å². The maximum absolute atomic E-state index is 11.9. The van der Waals surface area contributed by atoms with Crippen LogP contribution in [0.3, 0.4) is 0 Å². The lowest BCUT2D eigenvalue weighted by Crippen LogP contribution is -2.60. The van der Waals surface area contributed by atoms with Crippen LogP contribution in [0.1, 0.15) is 39.0 Å². The van der Waals surface area contributed by atoms with E-state index >= 15 is 0 Å². The molecule has 4 fully saturated rings. The van der Waals surface area contributed by atoms with Crippen molar-refractivity contribution >= 4 is 5.97 Å². The van der Waals surface area contributed by atoms with Gasteiger partial charge in [-0.05, 0) is 49.9 Å². The lowest BCUT2D eigenvalue weighted by atomic mass is 9.47. The maximum atomic E-state index is 11.9. The van der Waals surface area contributed by atoms with Crippen LogP contribution in [-0.2, 0) is 14.3 Å². The van der Waals surface area contributed by atoms with Crippen LogP contribution in [0.2, 0.25) is 0 Å². The largest absolute Gasteiger partial charge is 0.469 e. The van der Waals surface area contributed by atoms with Gasteiger partial charge in [-0.1, -0.05) is 6.92 Å². The summed E-state index contributed by atoms with van der Waals surface area (Å²) in [6.45, 7) is 2.03. The molecule has 0 aromatic rings. The summed E-state index contributed by atoms with van der Waals surface area (Å²) in [5, 5.41) is 0. The summed E-state index contributed by atoms with van der Waals surface area (Å²) in [5.74, 6) is 2.61. The first-order chi connectivity index (χ1) is 8.59. The predicted molar refractivity (Wildman–Crippen MR) is 68.0 cm³/mol. The molecule has 0 saturated heterocycles. The molecule has 4 saturated carbocycles. The van der Waals surface area contributed by atoms with Gasteiger partial charge in [-0.25, -0.2) is 0 Å². The molecule has 4 unspecified atom stereocenters. The molecule has 4 atom stereocenters. The summed E-state index contributed by atoms with van der Waals surface area (Å²) in [4.78, 5) is 11.9. The van der Waals surface area contributed by atoms with E-state index in [-0.39, 0.29) is 17.5 Å². The average Bonchev–Trinajstić information content (AvgIpc) is 2.36. The highest BCUT2D eigenvalue weighted by Gasteiger charge is 2.59. The van der Waals surface area contributed by atoms with Crippen molar-refractivity contribution in [1.29, 1.82) is 0 Å². The van der Waals surface area contributed by atoms with E-state index in [1.54, 1.807) is 0 Å². The number of carbonyl (C=O) groups excluding carboxylic acids is 1. The number of esters is 1. The number of methoxy groups -OCH3 is 2. The van der Waals surface area contributed by atoms with Crippen LogP contribution in [0, 0.1) is 29.6 Å². The van der Waals surface area contributed by atoms with Gasteiger partial charge in [0.1, 0.15) is 0 Å².